The lowest BCUT2D eigenvalue weighted by Crippen LogP contribution is -2.33. The third-order valence-electron chi connectivity index (χ3n) is 3.82. The number of carbonyl (C=O) groups excluding carboxylic acids is 2. The number of anilines is 1. The minimum Gasteiger partial charge on any atom is -0.342 e. The number of hydrogen-bond donors (Lipinski definition) is 3. The molecule has 0 aromatic carbocycles. The molecular weight excluding hydrogens is 326 g/mol. The van der Waals surface area contributed by atoms with E-state index in [9.17, 15) is 9.59 Å². The summed E-state index contributed by atoms with van der Waals surface area (Å²) in [5, 5.41) is 9.17. The first-order valence-electron chi connectivity index (χ1n) is 7.88. The van der Waals surface area contributed by atoms with Crippen LogP contribution in [-0.2, 0) is 4.79 Å². The average molecular weight is 345 g/mol. The molecule has 24 heavy (non-hydrogen) atoms. The summed E-state index contributed by atoms with van der Waals surface area (Å²) >= 11 is 1.50. The molecule has 7 nitrogen and oxygen atoms in total. The van der Waals surface area contributed by atoms with Gasteiger partial charge < -0.3 is 16.0 Å². The summed E-state index contributed by atoms with van der Waals surface area (Å²) in [6.07, 6.45) is 5.56. The van der Waals surface area contributed by atoms with Gasteiger partial charge in [0.2, 0.25) is 5.91 Å². The van der Waals surface area contributed by atoms with Crippen molar-refractivity contribution in [1.29, 1.82) is 0 Å². The predicted octanol–water partition coefficient (Wildman–Crippen LogP) is 1.37. The maximum atomic E-state index is 11.9. The Morgan fingerprint density at radius 2 is 2.08 bits per heavy atom. The van der Waals surface area contributed by atoms with Crippen LogP contribution in [0, 0.1) is 0 Å². The smallest absolute Gasteiger partial charge is 0.270 e. The lowest BCUT2D eigenvalue weighted by Gasteiger charge is -2.20. The second kappa shape index (κ2) is 7.98. The van der Waals surface area contributed by atoms with E-state index in [2.05, 4.69) is 25.9 Å². The normalized spacial score (nSPS) is 15.0. The van der Waals surface area contributed by atoms with E-state index in [0.717, 1.165) is 25.9 Å². The van der Waals surface area contributed by atoms with Crippen LogP contribution in [0.2, 0.25) is 0 Å². The molecule has 1 saturated heterocycles. The Bertz CT molecular complexity index is 698. The van der Waals surface area contributed by atoms with Gasteiger partial charge in [0.05, 0.1) is 6.54 Å². The van der Waals surface area contributed by atoms with E-state index in [1.807, 2.05) is 6.20 Å². The Labute approximate surface area is 143 Å². The van der Waals surface area contributed by atoms with Crippen molar-refractivity contribution in [2.45, 2.75) is 18.8 Å². The third-order valence-corrected chi connectivity index (χ3v) is 4.89. The van der Waals surface area contributed by atoms with E-state index in [4.69, 9.17) is 0 Å². The molecule has 0 unspecified atom stereocenters. The Hall–Kier alpha value is -2.32. The molecule has 0 spiro atoms. The van der Waals surface area contributed by atoms with E-state index in [1.54, 1.807) is 18.2 Å². The van der Waals surface area contributed by atoms with Crippen LogP contribution < -0.4 is 16.0 Å². The first kappa shape index (κ1) is 16.5. The zero-order valence-corrected chi connectivity index (χ0v) is 13.9. The third kappa shape index (κ3) is 4.36. The van der Waals surface area contributed by atoms with Crippen LogP contribution in [0.15, 0.2) is 30.6 Å². The molecule has 8 heteroatoms. The zero-order chi connectivity index (χ0) is 16.8. The predicted molar refractivity (Wildman–Crippen MR) is 92.2 cm³/mol. The van der Waals surface area contributed by atoms with Crippen LogP contribution in [0.25, 0.3) is 0 Å². The monoisotopic (exact) mass is 345 g/mol. The number of nitrogens with zero attached hydrogens (tertiary/aromatic N) is 2. The summed E-state index contributed by atoms with van der Waals surface area (Å²) in [6.45, 7) is 1.92. The van der Waals surface area contributed by atoms with E-state index >= 15 is 0 Å². The molecule has 3 N–H and O–H groups in total. The molecule has 0 atom stereocenters. The fourth-order valence-corrected chi connectivity index (χ4v) is 3.55. The van der Waals surface area contributed by atoms with Crippen LogP contribution in [0.5, 0.6) is 0 Å². The van der Waals surface area contributed by atoms with Gasteiger partial charge in [-0.2, -0.15) is 0 Å². The first-order valence-corrected chi connectivity index (χ1v) is 8.69. The van der Waals surface area contributed by atoms with Gasteiger partial charge in [0.25, 0.3) is 5.91 Å². The van der Waals surface area contributed by atoms with E-state index in [1.165, 1.54) is 22.4 Å². The summed E-state index contributed by atoms with van der Waals surface area (Å²) < 4.78 is 0. The molecule has 1 aliphatic heterocycles. The van der Waals surface area contributed by atoms with Crippen LogP contribution in [0.3, 0.4) is 0 Å². The summed E-state index contributed by atoms with van der Waals surface area (Å²) in [6, 6.07) is 5.05. The van der Waals surface area contributed by atoms with E-state index < -0.39 is 0 Å². The van der Waals surface area contributed by atoms with Crippen LogP contribution in [0.1, 0.15) is 34.1 Å². The van der Waals surface area contributed by atoms with E-state index in [0.29, 0.717) is 11.0 Å². The van der Waals surface area contributed by atoms with Gasteiger partial charge >= 0.3 is 0 Å². The highest BCUT2D eigenvalue weighted by molar-refractivity contribution is 7.15. The van der Waals surface area contributed by atoms with Gasteiger partial charge in [0.1, 0.15) is 5.69 Å². The number of piperidine rings is 1. The molecule has 0 saturated carbocycles. The topological polar surface area (TPSA) is 96.0 Å². The van der Waals surface area contributed by atoms with Crippen LogP contribution in [-0.4, -0.2) is 41.4 Å². The summed E-state index contributed by atoms with van der Waals surface area (Å²) in [4.78, 5) is 33.2. The first-order chi connectivity index (χ1) is 11.7. The molecular formula is C16H19N5O2S. The quantitative estimate of drug-likeness (QED) is 0.761. The molecule has 0 aliphatic carbocycles. The highest BCUT2D eigenvalue weighted by Gasteiger charge is 2.18. The number of amides is 2. The van der Waals surface area contributed by atoms with Crippen LogP contribution >= 0.6 is 11.3 Å². The maximum absolute atomic E-state index is 11.9. The van der Waals surface area contributed by atoms with Crippen molar-refractivity contribution >= 4 is 28.3 Å². The number of carbonyl (C=O) groups is 2. The number of nitrogens with one attached hydrogen (secondary N) is 3. The molecule has 3 rings (SSSR count). The molecule has 2 amide bonds. The van der Waals surface area contributed by atoms with Gasteiger partial charge in [-0.3, -0.25) is 14.6 Å². The Kier molecular flexibility index (Phi) is 5.50. The Morgan fingerprint density at radius 3 is 2.83 bits per heavy atom. The molecule has 1 aliphatic rings. The molecule has 2 aromatic rings. The summed E-state index contributed by atoms with van der Waals surface area (Å²) in [5.74, 6) is -0.163. The second-order valence-electron chi connectivity index (χ2n) is 5.54. The van der Waals surface area contributed by atoms with Crippen molar-refractivity contribution in [2.24, 2.45) is 0 Å². The second-order valence-corrected chi connectivity index (χ2v) is 6.60. The SMILES string of the molecule is O=C(CNC(=O)c1ccccn1)Nc1ncc(C2CCNCC2)s1. The van der Waals surface area contributed by atoms with Gasteiger partial charge in [0.15, 0.2) is 5.13 Å². The Balaban J connectivity index is 1.48. The van der Waals surface area contributed by atoms with Crippen LogP contribution in [0.4, 0.5) is 5.13 Å². The summed E-state index contributed by atoms with van der Waals surface area (Å²) in [5.41, 5.74) is 0.285. The highest BCUT2D eigenvalue weighted by atomic mass is 32.1. The van der Waals surface area contributed by atoms with Gasteiger partial charge in [-0.15, -0.1) is 11.3 Å². The molecule has 126 valence electrons. The number of rotatable bonds is 5. The number of pyridine rings is 1. The standard InChI is InChI=1S/C16H19N5O2S/c22-14(10-19-15(23)12-3-1-2-6-18-12)21-16-20-9-13(24-16)11-4-7-17-8-5-11/h1-3,6,9,11,17H,4-5,7-8,10H2,(H,19,23)(H,20,21,22). The fourth-order valence-electron chi connectivity index (χ4n) is 2.55. The van der Waals surface area contributed by atoms with Crippen molar-refractivity contribution in [2.75, 3.05) is 25.0 Å². The van der Waals surface area contributed by atoms with Gasteiger partial charge in [-0.25, -0.2) is 4.98 Å². The summed E-state index contributed by atoms with van der Waals surface area (Å²) in [7, 11) is 0. The van der Waals surface area contributed by atoms with Gasteiger partial charge in [-0.05, 0) is 44.0 Å². The molecule has 0 radical (unpaired) electrons. The molecule has 2 aromatic heterocycles. The maximum Gasteiger partial charge on any atom is 0.270 e. The molecule has 3 heterocycles. The van der Waals surface area contributed by atoms with Gasteiger partial charge in [0, 0.05) is 17.3 Å². The lowest BCUT2D eigenvalue weighted by atomic mass is 9.97. The Morgan fingerprint density at radius 1 is 1.25 bits per heavy atom. The highest BCUT2D eigenvalue weighted by Crippen LogP contribution is 2.31. The number of hydrogen-bond acceptors (Lipinski definition) is 6. The average Bonchev–Trinajstić information content (AvgIpc) is 3.09. The minimum atomic E-state index is -0.375. The lowest BCUT2D eigenvalue weighted by molar-refractivity contribution is -0.115. The van der Waals surface area contributed by atoms with Crippen molar-refractivity contribution in [3.63, 3.8) is 0 Å². The van der Waals surface area contributed by atoms with Crippen molar-refractivity contribution in [3.8, 4) is 0 Å². The number of thiazole rings is 1. The number of aromatic nitrogens is 2. The van der Waals surface area contributed by atoms with E-state index in [-0.39, 0.29) is 24.1 Å². The minimum absolute atomic E-state index is 0.113. The largest absolute Gasteiger partial charge is 0.342 e. The molecule has 0 bridgehead atoms. The van der Waals surface area contributed by atoms with Crippen molar-refractivity contribution in [3.05, 3.63) is 41.2 Å². The fraction of sp³-hybridized carbons (Fsp3) is 0.375. The van der Waals surface area contributed by atoms with Gasteiger partial charge in [-0.1, -0.05) is 6.07 Å². The van der Waals surface area contributed by atoms with Crippen molar-refractivity contribution < 1.29 is 9.59 Å². The molecule has 1 fully saturated rings. The van der Waals surface area contributed by atoms with Crippen molar-refractivity contribution in [1.82, 2.24) is 20.6 Å². The zero-order valence-electron chi connectivity index (χ0n) is 13.1.